The lowest BCUT2D eigenvalue weighted by Crippen LogP contribution is -2.47. The van der Waals surface area contributed by atoms with Gasteiger partial charge in [0.05, 0.1) is 5.92 Å². The number of carboxylic acid groups (broad SMARTS) is 1. The molecule has 0 bridgehead atoms. The van der Waals surface area contributed by atoms with Crippen molar-refractivity contribution in [1.29, 1.82) is 0 Å². The van der Waals surface area contributed by atoms with Gasteiger partial charge in [0.15, 0.2) is 0 Å². The molecule has 1 atom stereocenters. The van der Waals surface area contributed by atoms with Gasteiger partial charge in [-0.25, -0.2) is 4.79 Å². The van der Waals surface area contributed by atoms with Gasteiger partial charge in [-0.05, 0) is 38.0 Å². The number of hydrogen-bond donors (Lipinski definition) is 2. The molecule has 20 heavy (non-hydrogen) atoms. The van der Waals surface area contributed by atoms with Crippen LogP contribution in [0.4, 0.5) is 4.79 Å². The van der Waals surface area contributed by atoms with Crippen molar-refractivity contribution in [1.82, 2.24) is 10.2 Å². The first kappa shape index (κ1) is 15.1. The molecule has 6 nitrogen and oxygen atoms in total. The summed E-state index contributed by atoms with van der Waals surface area (Å²) in [7, 11) is 0. The summed E-state index contributed by atoms with van der Waals surface area (Å²) in [5.74, 6) is -0.460. The number of piperidine rings is 1. The first-order valence-corrected chi connectivity index (χ1v) is 7.50. The van der Waals surface area contributed by atoms with Gasteiger partial charge in [-0.2, -0.15) is 0 Å². The van der Waals surface area contributed by atoms with Crippen LogP contribution >= 0.6 is 0 Å². The predicted octanol–water partition coefficient (Wildman–Crippen LogP) is 1.31. The number of likely N-dealkylation sites (tertiary alicyclic amines) is 1. The van der Waals surface area contributed by atoms with Crippen LogP contribution in [0.1, 0.15) is 32.1 Å². The Kier molecular flexibility index (Phi) is 5.64. The van der Waals surface area contributed by atoms with Gasteiger partial charge in [0.2, 0.25) is 0 Å². The minimum Gasteiger partial charge on any atom is -0.481 e. The van der Waals surface area contributed by atoms with Crippen LogP contribution in [0, 0.1) is 11.8 Å². The van der Waals surface area contributed by atoms with Crippen molar-refractivity contribution in [2.75, 3.05) is 32.8 Å². The van der Waals surface area contributed by atoms with Crippen molar-refractivity contribution in [3.63, 3.8) is 0 Å². The van der Waals surface area contributed by atoms with E-state index >= 15 is 0 Å². The van der Waals surface area contributed by atoms with Crippen LogP contribution in [-0.4, -0.2) is 54.9 Å². The average molecular weight is 284 g/mol. The standard InChI is InChI=1S/C14H24N2O4/c17-13(18)12-3-1-7-16(9-12)14(19)15-6-2-8-20-10-11-4-5-11/h11-12H,1-10H2,(H,15,19)(H,17,18)/t12-/m0/s1. The number of ether oxygens (including phenoxy) is 1. The van der Waals surface area contributed by atoms with Gasteiger partial charge in [0.1, 0.15) is 0 Å². The lowest BCUT2D eigenvalue weighted by atomic mass is 9.99. The fraction of sp³-hybridized carbons (Fsp3) is 0.857. The Labute approximate surface area is 119 Å². The summed E-state index contributed by atoms with van der Waals surface area (Å²) in [4.78, 5) is 24.4. The number of carbonyl (C=O) groups excluding carboxylic acids is 1. The monoisotopic (exact) mass is 284 g/mol. The molecular formula is C14H24N2O4. The summed E-state index contributed by atoms with van der Waals surface area (Å²) in [6.45, 7) is 3.07. The molecule has 6 heteroatoms. The predicted molar refractivity (Wildman–Crippen MR) is 73.5 cm³/mol. The van der Waals surface area contributed by atoms with Gasteiger partial charge in [0.25, 0.3) is 0 Å². The zero-order valence-electron chi connectivity index (χ0n) is 11.8. The highest BCUT2D eigenvalue weighted by Gasteiger charge is 2.27. The van der Waals surface area contributed by atoms with Gasteiger partial charge in [-0.3, -0.25) is 4.79 Å². The van der Waals surface area contributed by atoms with E-state index in [1.807, 2.05) is 0 Å². The SMILES string of the molecule is O=C(O)[C@H]1CCCN(C(=O)NCCCOCC2CC2)C1. The molecule has 1 heterocycles. The molecular weight excluding hydrogens is 260 g/mol. The van der Waals surface area contributed by atoms with Gasteiger partial charge >= 0.3 is 12.0 Å². The highest BCUT2D eigenvalue weighted by Crippen LogP contribution is 2.28. The summed E-state index contributed by atoms with van der Waals surface area (Å²) >= 11 is 0. The molecule has 2 aliphatic rings. The second-order valence-corrected chi connectivity index (χ2v) is 5.73. The minimum absolute atomic E-state index is 0.154. The molecule has 2 N–H and O–H groups in total. The molecule has 0 radical (unpaired) electrons. The Bertz CT molecular complexity index is 344. The van der Waals surface area contributed by atoms with E-state index in [9.17, 15) is 9.59 Å². The summed E-state index contributed by atoms with van der Waals surface area (Å²) in [5, 5.41) is 11.8. The number of amides is 2. The molecule has 114 valence electrons. The first-order chi connectivity index (χ1) is 9.66. The van der Waals surface area contributed by atoms with E-state index in [2.05, 4.69) is 5.32 Å². The van der Waals surface area contributed by atoms with Crippen LogP contribution in [0.3, 0.4) is 0 Å². The topological polar surface area (TPSA) is 78.9 Å². The maximum Gasteiger partial charge on any atom is 0.317 e. The molecule has 0 aromatic carbocycles. The molecule has 1 aliphatic heterocycles. The Hall–Kier alpha value is -1.30. The molecule has 0 spiro atoms. The van der Waals surface area contributed by atoms with Crippen LogP contribution in [-0.2, 0) is 9.53 Å². The molecule has 0 unspecified atom stereocenters. The van der Waals surface area contributed by atoms with Crippen molar-refractivity contribution < 1.29 is 19.4 Å². The van der Waals surface area contributed by atoms with Crippen molar-refractivity contribution in [3.8, 4) is 0 Å². The van der Waals surface area contributed by atoms with Crippen molar-refractivity contribution in [2.45, 2.75) is 32.1 Å². The zero-order valence-corrected chi connectivity index (χ0v) is 11.8. The zero-order chi connectivity index (χ0) is 14.4. The van der Waals surface area contributed by atoms with Gasteiger partial charge in [-0.1, -0.05) is 0 Å². The van der Waals surface area contributed by atoms with E-state index in [-0.39, 0.29) is 6.03 Å². The Morgan fingerprint density at radius 1 is 1.30 bits per heavy atom. The lowest BCUT2D eigenvalue weighted by molar-refractivity contribution is -0.143. The normalized spacial score (nSPS) is 22.6. The second-order valence-electron chi connectivity index (χ2n) is 5.73. The number of carboxylic acids is 1. The number of hydrogen-bond acceptors (Lipinski definition) is 3. The molecule has 0 aromatic heterocycles. The van der Waals surface area contributed by atoms with Gasteiger partial charge in [0, 0.05) is 32.8 Å². The fourth-order valence-electron chi connectivity index (χ4n) is 2.38. The van der Waals surface area contributed by atoms with Crippen molar-refractivity contribution in [2.24, 2.45) is 11.8 Å². The van der Waals surface area contributed by atoms with Crippen LogP contribution in [0.15, 0.2) is 0 Å². The molecule has 2 rings (SSSR count). The maximum atomic E-state index is 11.9. The minimum atomic E-state index is -0.809. The van der Waals surface area contributed by atoms with E-state index in [0.717, 1.165) is 25.4 Å². The quantitative estimate of drug-likeness (QED) is 0.691. The number of nitrogens with zero attached hydrogens (tertiary/aromatic N) is 1. The fourth-order valence-corrected chi connectivity index (χ4v) is 2.38. The number of urea groups is 1. The number of carbonyl (C=O) groups is 2. The number of aliphatic carboxylic acids is 1. The third kappa shape index (κ3) is 5.00. The van der Waals surface area contributed by atoms with Crippen LogP contribution in [0.5, 0.6) is 0 Å². The van der Waals surface area contributed by atoms with E-state index in [1.165, 1.54) is 12.8 Å². The molecule has 2 fully saturated rings. The number of nitrogens with one attached hydrogen (secondary N) is 1. The molecule has 0 aromatic rings. The van der Waals surface area contributed by atoms with Crippen LogP contribution in [0.2, 0.25) is 0 Å². The Morgan fingerprint density at radius 2 is 2.10 bits per heavy atom. The van der Waals surface area contributed by atoms with E-state index < -0.39 is 11.9 Å². The third-order valence-electron chi connectivity index (χ3n) is 3.85. The van der Waals surface area contributed by atoms with Gasteiger partial charge < -0.3 is 20.1 Å². The van der Waals surface area contributed by atoms with Crippen LogP contribution < -0.4 is 5.32 Å². The number of rotatable bonds is 7. The summed E-state index contributed by atoms with van der Waals surface area (Å²) < 4.78 is 5.49. The van der Waals surface area contributed by atoms with Crippen molar-refractivity contribution in [3.05, 3.63) is 0 Å². The summed E-state index contributed by atoms with van der Waals surface area (Å²) in [6, 6.07) is -0.154. The molecule has 1 saturated carbocycles. The Balaban J connectivity index is 1.55. The second kappa shape index (κ2) is 7.47. The largest absolute Gasteiger partial charge is 0.481 e. The van der Waals surface area contributed by atoms with E-state index in [0.29, 0.717) is 32.7 Å². The molecule has 1 aliphatic carbocycles. The average Bonchev–Trinajstić information content (AvgIpc) is 3.26. The summed E-state index contributed by atoms with van der Waals surface area (Å²) in [6.07, 6.45) is 4.80. The van der Waals surface area contributed by atoms with E-state index in [4.69, 9.17) is 9.84 Å². The van der Waals surface area contributed by atoms with E-state index in [1.54, 1.807) is 4.90 Å². The third-order valence-corrected chi connectivity index (χ3v) is 3.85. The molecule has 2 amide bonds. The maximum absolute atomic E-state index is 11.9. The highest BCUT2D eigenvalue weighted by molar-refractivity contribution is 5.76. The lowest BCUT2D eigenvalue weighted by Gasteiger charge is -2.30. The smallest absolute Gasteiger partial charge is 0.317 e. The molecule has 1 saturated heterocycles. The first-order valence-electron chi connectivity index (χ1n) is 7.50. The van der Waals surface area contributed by atoms with Crippen LogP contribution in [0.25, 0.3) is 0 Å². The summed E-state index contributed by atoms with van der Waals surface area (Å²) in [5.41, 5.74) is 0. The van der Waals surface area contributed by atoms with Gasteiger partial charge in [-0.15, -0.1) is 0 Å². The van der Waals surface area contributed by atoms with Crippen molar-refractivity contribution >= 4 is 12.0 Å². The highest BCUT2D eigenvalue weighted by atomic mass is 16.5. The Morgan fingerprint density at radius 3 is 2.80 bits per heavy atom.